The van der Waals surface area contributed by atoms with Gasteiger partial charge in [-0.3, -0.25) is 0 Å². The first-order valence-electron chi connectivity index (χ1n) is 5.91. The molecule has 0 saturated carbocycles. The summed E-state index contributed by atoms with van der Waals surface area (Å²) in [6.07, 6.45) is 1.93. The van der Waals surface area contributed by atoms with Gasteiger partial charge in [0.15, 0.2) is 0 Å². The molecule has 0 aromatic heterocycles. The molecular formula is C14H13ClO3. The largest absolute Gasteiger partial charge is 0.507 e. The topological polar surface area (TPSA) is 60.7 Å². The molecule has 0 spiro atoms. The molecule has 0 fully saturated rings. The summed E-state index contributed by atoms with van der Waals surface area (Å²) < 4.78 is 0. The molecule has 0 aliphatic heterocycles. The van der Waals surface area contributed by atoms with Gasteiger partial charge in [-0.2, -0.15) is 0 Å². The van der Waals surface area contributed by atoms with Crippen LogP contribution in [-0.2, 0) is 12.8 Å². The first-order valence-corrected chi connectivity index (χ1v) is 6.34. The van der Waals surface area contributed by atoms with Gasteiger partial charge in [0, 0.05) is 21.9 Å². The SMILES string of the molecule is Oc1c2c(c(O)c3c(O)cccc13)CCC(Cl)C2. The van der Waals surface area contributed by atoms with Gasteiger partial charge in [-0.15, -0.1) is 11.6 Å². The molecular weight excluding hydrogens is 252 g/mol. The van der Waals surface area contributed by atoms with Crippen LogP contribution in [0.4, 0.5) is 0 Å². The first kappa shape index (κ1) is 11.5. The van der Waals surface area contributed by atoms with Crippen LogP contribution in [0.15, 0.2) is 18.2 Å². The highest BCUT2D eigenvalue weighted by Crippen LogP contribution is 2.46. The number of hydrogen-bond acceptors (Lipinski definition) is 3. The lowest BCUT2D eigenvalue weighted by atomic mass is 9.87. The van der Waals surface area contributed by atoms with Crippen LogP contribution in [0.1, 0.15) is 17.5 Å². The number of hydrogen-bond donors (Lipinski definition) is 3. The summed E-state index contributed by atoms with van der Waals surface area (Å²) in [6, 6.07) is 4.83. The molecule has 3 nitrogen and oxygen atoms in total. The minimum absolute atomic E-state index is 0.0161. The molecule has 2 aromatic carbocycles. The lowest BCUT2D eigenvalue weighted by Crippen LogP contribution is -2.14. The van der Waals surface area contributed by atoms with E-state index in [1.807, 2.05) is 0 Å². The number of phenols is 3. The molecule has 1 aliphatic rings. The minimum atomic E-state index is -0.0175. The van der Waals surface area contributed by atoms with Gasteiger partial charge in [-0.1, -0.05) is 12.1 Å². The quantitative estimate of drug-likeness (QED) is 0.506. The maximum absolute atomic E-state index is 10.3. The highest BCUT2D eigenvalue weighted by Gasteiger charge is 2.26. The van der Waals surface area contributed by atoms with E-state index in [2.05, 4.69) is 0 Å². The number of alkyl halides is 1. The van der Waals surface area contributed by atoms with E-state index < -0.39 is 0 Å². The molecule has 18 heavy (non-hydrogen) atoms. The summed E-state index contributed by atoms with van der Waals surface area (Å²) in [5.41, 5.74) is 1.41. The molecule has 4 heteroatoms. The Morgan fingerprint density at radius 2 is 1.83 bits per heavy atom. The van der Waals surface area contributed by atoms with E-state index in [9.17, 15) is 15.3 Å². The zero-order valence-electron chi connectivity index (χ0n) is 9.65. The van der Waals surface area contributed by atoms with Gasteiger partial charge < -0.3 is 15.3 Å². The lowest BCUT2D eigenvalue weighted by Gasteiger charge is -2.23. The molecule has 0 radical (unpaired) electrons. The van der Waals surface area contributed by atoms with Crippen LogP contribution in [0, 0.1) is 0 Å². The molecule has 3 N–H and O–H groups in total. The van der Waals surface area contributed by atoms with Crippen molar-refractivity contribution in [3.05, 3.63) is 29.3 Å². The molecule has 94 valence electrons. The van der Waals surface area contributed by atoms with Gasteiger partial charge in [0.05, 0.1) is 5.39 Å². The van der Waals surface area contributed by atoms with Crippen LogP contribution in [0.25, 0.3) is 10.8 Å². The molecule has 0 heterocycles. The summed E-state index contributed by atoms with van der Waals surface area (Å²) in [5.74, 6) is 0.176. The van der Waals surface area contributed by atoms with E-state index in [4.69, 9.17) is 11.6 Å². The fourth-order valence-electron chi connectivity index (χ4n) is 2.70. The van der Waals surface area contributed by atoms with Crippen LogP contribution >= 0.6 is 11.6 Å². The van der Waals surface area contributed by atoms with Gasteiger partial charge >= 0.3 is 0 Å². The predicted molar refractivity (Wildman–Crippen MR) is 70.6 cm³/mol. The van der Waals surface area contributed by atoms with E-state index in [1.165, 1.54) is 6.07 Å². The van der Waals surface area contributed by atoms with Gasteiger partial charge in [0.2, 0.25) is 0 Å². The van der Waals surface area contributed by atoms with E-state index in [-0.39, 0.29) is 22.6 Å². The Morgan fingerprint density at radius 1 is 1.06 bits per heavy atom. The number of halogens is 1. The van der Waals surface area contributed by atoms with Crippen LogP contribution in [-0.4, -0.2) is 20.7 Å². The Hall–Kier alpha value is -1.61. The average molecular weight is 265 g/mol. The number of rotatable bonds is 0. The van der Waals surface area contributed by atoms with Crippen molar-refractivity contribution in [3.8, 4) is 17.2 Å². The molecule has 0 bridgehead atoms. The second kappa shape index (κ2) is 3.95. The molecule has 1 unspecified atom stereocenters. The molecule has 2 aromatic rings. The van der Waals surface area contributed by atoms with Gasteiger partial charge in [0.25, 0.3) is 0 Å². The van der Waals surface area contributed by atoms with E-state index in [0.717, 1.165) is 6.42 Å². The van der Waals surface area contributed by atoms with Crippen LogP contribution in [0.2, 0.25) is 0 Å². The Kier molecular flexibility index (Phi) is 2.52. The Bertz CT molecular complexity index is 637. The highest BCUT2D eigenvalue weighted by atomic mass is 35.5. The molecule has 1 atom stereocenters. The zero-order chi connectivity index (χ0) is 12.9. The van der Waals surface area contributed by atoms with Crippen molar-refractivity contribution in [2.45, 2.75) is 24.6 Å². The van der Waals surface area contributed by atoms with Crippen LogP contribution in [0.5, 0.6) is 17.2 Å². The van der Waals surface area contributed by atoms with E-state index >= 15 is 0 Å². The summed E-state index contributed by atoms with van der Waals surface area (Å²) >= 11 is 6.11. The maximum Gasteiger partial charge on any atom is 0.130 e. The second-order valence-electron chi connectivity index (χ2n) is 4.69. The van der Waals surface area contributed by atoms with E-state index in [0.29, 0.717) is 34.7 Å². The highest BCUT2D eigenvalue weighted by molar-refractivity contribution is 6.21. The summed E-state index contributed by atoms with van der Waals surface area (Å²) in [4.78, 5) is 0. The predicted octanol–water partition coefficient (Wildman–Crippen LogP) is 3.05. The summed E-state index contributed by atoms with van der Waals surface area (Å²) in [6.45, 7) is 0. The first-order chi connectivity index (χ1) is 8.59. The van der Waals surface area contributed by atoms with Gasteiger partial charge in [-0.05, 0) is 25.3 Å². The minimum Gasteiger partial charge on any atom is -0.507 e. The number of fused-ring (bicyclic) bond motifs is 2. The van der Waals surface area contributed by atoms with Crippen molar-refractivity contribution in [1.29, 1.82) is 0 Å². The lowest BCUT2D eigenvalue weighted by molar-refractivity contribution is 0.442. The fraction of sp³-hybridized carbons (Fsp3) is 0.286. The Labute approximate surface area is 109 Å². The van der Waals surface area contributed by atoms with Gasteiger partial charge in [0.1, 0.15) is 17.2 Å². The molecule has 1 aliphatic carbocycles. The number of phenolic OH excluding ortho intramolecular Hbond substituents is 3. The number of aromatic hydroxyl groups is 3. The summed E-state index contributed by atoms with van der Waals surface area (Å²) in [7, 11) is 0. The number of benzene rings is 2. The monoisotopic (exact) mass is 264 g/mol. The molecule has 0 amide bonds. The van der Waals surface area contributed by atoms with Crippen LogP contribution in [0.3, 0.4) is 0 Å². The maximum atomic E-state index is 10.3. The fourth-order valence-corrected chi connectivity index (χ4v) is 2.96. The second-order valence-corrected chi connectivity index (χ2v) is 5.31. The van der Waals surface area contributed by atoms with Crippen molar-refractivity contribution in [3.63, 3.8) is 0 Å². The smallest absolute Gasteiger partial charge is 0.130 e. The summed E-state index contributed by atoms with van der Waals surface area (Å²) in [5, 5.41) is 31.2. The van der Waals surface area contributed by atoms with Crippen molar-refractivity contribution >= 4 is 22.4 Å². The third-order valence-corrected chi connectivity index (χ3v) is 3.98. The van der Waals surface area contributed by atoms with Crippen molar-refractivity contribution < 1.29 is 15.3 Å². The van der Waals surface area contributed by atoms with Crippen molar-refractivity contribution in [2.24, 2.45) is 0 Å². The molecule has 0 saturated heterocycles. The standard InChI is InChI=1S/C14H13ClO3/c15-7-4-5-8-10(6-7)13(17)9-2-1-3-11(16)12(9)14(8)18/h1-3,7,16-18H,4-6H2. The van der Waals surface area contributed by atoms with Crippen LogP contribution < -0.4 is 0 Å². The Balaban J connectivity index is 2.41. The Morgan fingerprint density at radius 3 is 2.61 bits per heavy atom. The third-order valence-electron chi connectivity index (χ3n) is 3.60. The van der Waals surface area contributed by atoms with Crippen molar-refractivity contribution in [1.82, 2.24) is 0 Å². The van der Waals surface area contributed by atoms with E-state index in [1.54, 1.807) is 12.1 Å². The third kappa shape index (κ3) is 1.51. The van der Waals surface area contributed by atoms with Gasteiger partial charge in [-0.25, -0.2) is 0 Å². The molecule has 3 rings (SSSR count). The average Bonchev–Trinajstić information content (AvgIpc) is 2.35. The zero-order valence-corrected chi connectivity index (χ0v) is 10.4. The van der Waals surface area contributed by atoms with Crippen molar-refractivity contribution in [2.75, 3.05) is 0 Å². The normalized spacial score (nSPS) is 18.8.